The minimum absolute atomic E-state index is 0.307. The first-order chi connectivity index (χ1) is 17.7. The van der Waals surface area contributed by atoms with Gasteiger partial charge in [0, 0.05) is 25.2 Å². The van der Waals surface area contributed by atoms with Crippen LogP contribution in [0.25, 0.3) is 0 Å². The minimum atomic E-state index is -0.547. The van der Waals surface area contributed by atoms with Crippen LogP contribution in [-0.4, -0.2) is 65.5 Å². The van der Waals surface area contributed by atoms with Gasteiger partial charge in [-0.05, 0) is 72.8 Å². The number of thiophene rings is 1. The van der Waals surface area contributed by atoms with Crippen molar-refractivity contribution in [3.63, 3.8) is 0 Å². The smallest absolute Gasteiger partial charge is 0.274 e. The van der Waals surface area contributed by atoms with Gasteiger partial charge in [-0.25, -0.2) is 5.43 Å². The van der Waals surface area contributed by atoms with Gasteiger partial charge in [-0.2, -0.15) is 5.10 Å². The van der Waals surface area contributed by atoms with Gasteiger partial charge in [0.15, 0.2) is 0 Å². The number of hydrazone groups is 1. The molecule has 0 spiro atoms. The number of rotatable bonds is 12. The molecule has 0 radical (unpaired) electrons. The second kappa shape index (κ2) is 13.7. The Morgan fingerprint density at radius 1 is 1.05 bits per heavy atom. The maximum atomic E-state index is 13.0. The number of ether oxygens (including phenoxy) is 1. The first kappa shape index (κ1) is 28.0. The third kappa shape index (κ3) is 8.80. The lowest BCUT2D eigenvalue weighted by Gasteiger charge is -2.25. The van der Waals surface area contributed by atoms with E-state index in [0.29, 0.717) is 35.8 Å². The van der Waals surface area contributed by atoms with Gasteiger partial charge in [-0.15, -0.1) is 11.3 Å². The van der Waals surface area contributed by atoms with Crippen molar-refractivity contribution < 1.29 is 24.5 Å². The van der Waals surface area contributed by atoms with Crippen LogP contribution < -0.4 is 15.5 Å². The van der Waals surface area contributed by atoms with Crippen LogP contribution in [0, 0.1) is 0 Å². The fraction of sp³-hybridized carbons (Fsp3) is 0.296. The molecule has 2 atom stereocenters. The molecule has 3 aromatic rings. The summed E-state index contributed by atoms with van der Waals surface area (Å²) in [6.07, 6.45) is 0.426. The first-order valence-corrected chi connectivity index (χ1v) is 12.7. The Hall–Kier alpha value is -3.57. The van der Waals surface area contributed by atoms with E-state index in [1.54, 1.807) is 62.7 Å². The molecule has 196 valence electrons. The summed E-state index contributed by atoms with van der Waals surface area (Å²) in [6.45, 7) is 4.65. The Morgan fingerprint density at radius 3 is 2.41 bits per heavy atom. The van der Waals surface area contributed by atoms with E-state index in [0.717, 1.165) is 16.9 Å². The molecule has 2 amide bonds. The molecule has 2 aromatic carbocycles. The van der Waals surface area contributed by atoms with E-state index in [1.807, 2.05) is 23.1 Å². The third-order valence-corrected chi connectivity index (χ3v) is 6.10. The molecule has 4 N–H and O–H groups in total. The van der Waals surface area contributed by atoms with Gasteiger partial charge in [0.2, 0.25) is 0 Å². The number of methoxy groups -OCH3 is 1. The average molecular weight is 525 g/mol. The number of carbonyl (C=O) groups excluding carboxylic acids is 2. The maximum Gasteiger partial charge on any atom is 0.274 e. The lowest BCUT2D eigenvalue weighted by Crippen LogP contribution is -2.35. The Morgan fingerprint density at radius 2 is 1.76 bits per heavy atom. The molecular weight excluding hydrogens is 492 g/mol. The summed E-state index contributed by atoms with van der Waals surface area (Å²) >= 11 is 1.24. The van der Waals surface area contributed by atoms with Crippen molar-refractivity contribution >= 4 is 34.4 Å². The van der Waals surface area contributed by atoms with Crippen molar-refractivity contribution in [1.29, 1.82) is 0 Å². The lowest BCUT2D eigenvalue weighted by molar-refractivity contribution is 0.0793. The molecule has 0 fully saturated rings. The number of aliphatic hydroxyl groups is 2. The monoisotopic (exact) mass is 524 g/mol. The number of carbonyl (C=O) groups is 2. The Bertz CT molecular complexity index is 1200. The molecule has 2 unspecified atom stereocenters. The van der Waals surface area contributed by atoms with Crippen molar-refractivity contribution in [2.45, 2.75) is 32.6 Å². The van der Waals surface area contributed by atoms with E-state index in [4.69, 9.17) is 4.74 Å². The Labute approximate surface area is 220 Å². The van der Waals surface area contributed by atoms with Crippen LogP contribution in [0.5, 0.6) is 5.75 Å². The second-order valence-corrected chi connectivity index (χ2v) is 9.60. The molecule has 0 saturated carbocycles. The standard InChI is InChI=1S/C27H32N4O5S/c1-18(32)15-31(16-19(2)33)17-21-5-4-6-22(13-21)25(34)29-27-24(11-12-37-27)26(35)30-28-14-20-7-9-23(36-3)10-8-20/h4-14,18-19,32-33H,15-17H2,1-3H3,(H,29,34)(H,30,35)/b28-14+. The fourth-order valence-corrected chi connectivity index (χ4v) is 4.48. The number of amides is 2. The predicted molar refractivity (Wildman–Crippen MR) is 145 cm³/mol. The zero-order valence-corrected chi connectivity index (χ0v) is 21.9. The minimum Gasteiger partial charge on any atom is -0.497 e. The summed E-state index contributed by atoms with van der Waals surface area (Å²) in [7, 11) is 1.59. The van der Waals surface area contributed by atoms with Gasteiger partial charge in [0.05, 0.1) is 31.1 Å². The highest BCUT2D eigenvalue weighted by atomic mass is 32.1. The number of nitrogens with zero attached hydrogens (tertiary/aromatic N) is 2. The average Bonchev–Trinajstić information content (AvgIpc) is 3.32. The van der Waals surface area contributed by atoms with E-state index in [1.165, 1.54) is 17.6 Å². The topological polar surface area (TPSA) is 123 Å². The number of hydrogen-bond acceptors (Lipinski definition) is 8. The van der Waals surface area contributed by atoms with E-state index >= 15 is 0 Å². The number of hydrogen-bond donors (Lipinski definition) is 4. The van der Waals surface area contributed by atoms with Crippen LogP contribution in [0.3, 0.4) is 0 Å². The molecule has 0 aliphatic heterocycles. The van der Waals surface area contributed by atoms with Crippen LogP contribution >= 0.6 is 11.3 Å². The highest BCUT2D eigenvalue weighted by Crippen LogP contribution is 2.24. The molecule has 9 nitrogen and oxygen atoms in total. The molecule has 0 saturated heterocycles. The van der Waals surface area contributed by atoms with Crippen LogP contribution in [0.2, 0.25) is 0 Å². The molecule has 10 heteroatoms. The summed E-state index contributed by atoms with van der Waals surface area (Å²) < 4.78 is 5.12. The summed E-state index contributed by atoms with van der Waals surface area (Å²) in [5.41, 5.74) is 4.89. The largest absolute Gasteiger partial charge is 0.497 e. The number of benzene rings is 2. The number of nitrogens with one attached hydrogen (secondary N) is 2. The number of aliphatic hydroxyl groups excluding tert-OH is 2. The SMILES string of the molecule is COc1ccc(/C=N/NC(=O)c2ccsc2NC(=O)c2cccc(CN(CC(C)O)CC(C)O)c2)cc1. The summed E-state index contributed by atoms with van der Waals surface area (Å²) in [5, 5.41) is 28.5. The van der Waals surface area contributed by atoms with E-state index < -0.39 is 18.1 Å². The van der Waals surface area contributed by atoms with E-state index in [9.17, 15) is 19.8 Å². The van der Waals surface area contributed by atoms with Crippen molar-refractivity contribution in [3.05, 3.63) is 82.2 Å². The second-order valence-electron chi connectivity index (χ2n) is 8.68. The molecule has 1 heterocycles. The summed E-state index contributed by atoms with van der Waals surface area (Å²) in [4.78, 5) is 27.5. The van der Waals surface area contributed by atoms with Crippen LogP contribution in [0.4, 0.5) is 5.00 Å². The van der Waals surface area contributed by atoms with Gasteiger partial charge >= 0.3 is 0 Å². The molecule has 37 heavy (non-hydrogen) atoms. The highest BCUT2D eigenvalue weighted by Gasteiger charge is 2.17. The van der Waals surface area contributed by atoms with Crippen molar-refractivity contribution in [2.24, 2.45) is 5.10 Å². The van der Waals surface area contributed by atoms with Crippen molar-refractivity contribution in [3.8, 4) is 5.75 Å². The van der Waals surface area contributed by atoms with Gasteiger partial charge in [-0.3, -0.25) is 14.5 Å². The molecule has 3 rings (SSSR count). The van der Waals surface area contributed by atoms with Gasteiger partial charge < -0.3 is 20.3 Å². The Kier molecular flexibility index (Phi) is 10.3. The quantitative estimate of drug-likeness (QED) is 0.213. The van der Waals surface area contributed by atoms with Crippen LogP contribution in [0.15, 0.2) is 65.1 Å². The molecule has 0 aliphatic rings. The number of anilines is 1. The van der Waals surface area contributed by atoms with E-state index in [-0.39, 0.29) is 5.91 Å². The zero-order valence-electron chi connectivity index (χ0n) is 21.0. The summed E-state index contributed by atoms with van der Waals surface area (Å²) in [5.74, 6) is -0.0677. The lowest BCUT2D eigenvalue weighted by atomic mass is 10.1. The first-order valence-electron chi connectivity index (χ1n) is 11.8. The van der Waals surface area contributed by atoms with Gasteiger partial charge in [0.1, 0.15) is 10.8 Å². The molecule has 0 aliphatic carbocycles. The van der Waals surface area contributed by atoms with Crippen molar-refractivity contribution in [1.82, 2.24) is 10.3 Å². The zero-order chi connectivity index (χ0) is 26.8. The predicted octanol–water partition coefficient (Wildman–Crippen LogP) is 3.34. The van der Waals surface area contributed by atoms with Crippen LogP contribution in [-0.2, 0) is 6.54 Å². The third-order valence-electron chi connectivity index (χ3n) is 5.27. The van der Waals surface area contributed by atoms with Gasteiger partial charge in [-0.1, -0.05) is 12.1 Å². The highest BCUT2D eigenvalue weighted by molar-refractivity contribution is 7.14. The fourth-order valence-electron chi connectivity index (χ4n) is 3.70. The normalized spacial score (nSPS) is 12.9. The molecule has 1 aromatic heterocycles. The van der Waals surface area contributed by atoms with Crippen molar-refractivity contribution in [2.75, 3.05) is 25.5 Å². The van der Waals surface area contributed by atoms with E-state index in [2.05, 4.69) is 15.8 Å². The van der Waals surface area contributed by atoms with Gasteiger partial charge in [0.25, 0.3) is 11.8 Å². The molecular formula is C27H32N4O5S. The Balaban J connectivity index is 1.63. The van der Waals surface area contributed by atoms with Crippen LogP contribution in [0.1, 0.15) is 45.7 Å². The maximum absolute atomic E-state index is 13.0. The molecule has 0 bridgehead atoms. The summed E-state index contributed by atoms with van der Waals surface area (Å²) in [6, 6.07) is 16.0.